The van der Waals surface area contributed by atoms with Crippen LogP contribution in [0.1, 0.15) is 17.5 Å². The van der Waals surface area contributed by atoms with Crippen molar-refractivity contribution < 1.29 is 5.11 Å². The molecule has 0 aliphatic carbocycles. The quantitative estimate of drug-likeness (QED) is 0.844. The van der Waals surface area contributed by atoms with Gasteiger partial charge in [-0.2, -0.15) is 0 Å². The Hall–Kier alpha value is -2.63. The third-order valence-electron chi connectivity index (χ3n) is 3.78. The highest BCUT2D eigenvalue weighted by Crippen LogP contribution is 2.24. The number of nitrogens with zero attached hydrogens (tertiary/aromatic N) is 3. The first-order chi connectivity index (χ1) is 9.99. The van der Waals surface area contributed by atoms with Crippen LogP contribution in [0.15, 0.2) is 38.8 Å². The first-order valence-corrected chi connectivity index (χ1v) is 6.65. The van der Waals surface area contributed by atoms with Crippen molar-refractivity contribution in [3.8, 4) is 5.75 Å². The molecule has 1 N–H and O–H groups in total. The van der Waals surface area contributed by atoms with Gasteiger partial charge in [0.1, 0.15) is 11.6 Å². The average Bonchev–Trinajstić information content (AvgIpc) is 2.51. The summed E-state index contributed by atoms with van der Waals surface area (Å²) in [6.07, 6.45) is 1.18. The Bertz CT molecular complexity index is 857. The van der Waals surface area contributed by atoms with Crippen LogP contribution in [-0.4, -0.2) is 20.0 Å². The van der Waals surface area contributed by atoms with Crippen LogP contribution in [0.2, 0.25) is 0 Å². The molecule has 1 aliphatic heterocycles. The zero-order valence-corrected chi connectivity index (χ0v) is 11.8. The first kappa shape index (κ1) is 13.4. The Morgan fingerprint density at radius 2 is 1.71 bits per heavy atom. The van der Waals surface area contributed by atoms with E-state index in [1.807, 2.05) is 0 Å². The Kier molecular flexibility index (Phi) is 3.01. The molecule has 0 saturated heterocycles. The van der Waals surface area contributed by atoms with Gasteiger partial charge in [-0.05, 0) is 42.7 Å². The van der Waals surface area contributed by atoms with E-state index >= 15 is 0 Å². The summed E-state index contributed by atoms with van der Waals surface area (Å²) in [5.74, 6) is 0.620. The van der Waals surface area contributed by atoms with Crippen LogP contribution in [0.5, 0.6) is 5.75 Å². The fourth-order valence-corrected chi connectivity index (χ4v) is 2.55. The van der Waals surface area contributed by atoms with Crippen LogP contribution in [-0.2, 0) is 20.5 Å². The Morgan fingerprint density at radius 3 is 2.38 bits per heavy atom. The molecule has 1 aliphatic rings. The Morgan fingerprint density at radius 1 is 1.05 bits per heavy atom. The molecule has 0 radical (unpaired) electrons. The lowest BCUT2D eigenvalue weighted by atomic mass is 10.00. The molecule has 21 heavy (non-hydrogen) atoms. The van der Waals surface area contributed by atoms with E-state index in [0.29, 0.717) is 24.2 Å². The normalized spacial score (nSPS) is 13.7. The monoisotopic (exact) mass is 285 g/mol. The van der Waals surface area contributed by atoms with Crippen molar-refractivity contribution in [1.29, 1.82) is 0 Å². The van der Waals surface area contributed by atoms with Gasteiger partial charge < -0.3 is 5.11 Å². The minimum Gasteiger partial charge on any atom is -0.508 e. The predicted octanol–water partition coefficient (Wildman–Crippen LogP) is 0.857. The Labute approximate surface area is 120 Å². The zero-order valence-electron chi connectivity index (χ0n) is 11.8. The molecule has 0 fully saturated rings. The highest BCUT2D eigenvalue weighted by atomic mass is 16.3. The second-order valence-electron chi connectivity index (χ2n) is 5.11. The minimum absolute atomic E-state index is 0.192. The molecule has 0 bridgehead atoms. The Balaban J connectivity index is 2.20. The standard InChI is InChI=1S/C15H15N3O3/c1-17-13-11(14(20)18(2)15(17)21)7-8-12(16-13)9-3-5-10(19)6-4-9/h3-6,19H,7-8H2,1-2H3. The fraction of sp³-hybridized carbons (Fsp3) is 0.267. The molecule has 3 rings (SSSR count). The molecule has 0 amide bonds. The molecular weight excluding hydrogens is 270 g/mol. The van der Waals surface area contributed by atoms with Gasteiger partial charge in [-0.25, -0.2) is 9.79 Å². The molecular formula is C15H15N3O3. The van der Waals surface area contributed by atoms with E-state index in [9.17, 15) is 14.7 Å². The van der Waals surface area contributed by atoms with Crippen molar-refractivity contribution in [2.45, 2.75) is 12.8 Å². The number of aromatic nitrogens is 2. The topological polar surface area (TPSA) is 76.6 Å². The van der Waals surface area contributed by atoms with Crippen molar-refractivity contribution in [1.82, 2.24) is 9.13 Å². The van der Waals surface area contributed by atoms with Gasteiger partial charge in [0.05, 0.1) is 11.3 Å². The second kappa shape index (κ2) is 4.73. The third-order valence-corrected chi connectivity index (χ3v) is 3.78. The molecule has 0 spiro atoms. The van der Waals surface area contributed by atoms with Gasteiger partial charge in [-0.3, -0.25) is 13.9 Å². The molecule has 1 aromatic heterocycles. The maximum Gasteiger partial charge on any atom is 0.332 e. The van der Waals surface area contributed by atoms with Crippen LogP contribution >= 0.6 is 0 Å². The summed E-state index contributed by atoms with van der Waals surface area (Å²) in [6.45, 7) is 0. The SMILES string of the molecule is Cn1c2c(c(=O)n(C)c1=O)CCC(c1ccc(O)cc1)=N2. The van der Waals surface area contributed by atoms with E-state index in [-0.39, 0.29) is 17.0 Å². The number of fused-ring (bicyclic) bond motifs is 1. The zero-order chi connectivity index (χ0) is 15.1. The predicted molar refractivity (Wildman–Crippen MR) is 79.5 cm³/mol. The molecule has 2 aromatic rings. The van der Waals surface area contributed by atoms with E-state index in [0.717, 1.165) is 15.8 Å². The van der Waals surface area contributed by atoms with E-state index in [4.69, 9.17) is 0 Å². The van der Waals surface area contributed by atoms with Crippen molar-refractivity contribution in [3.63, 3.8) is 0 Å². The molecule has 0 atom stereocenters. The van der Waals surface area contributed by atoms with Crippen molar-refractivity contribution in [2.75, 3.05) is 0 Å². The summed E-state index contributed by atoms with van der Waals surface area (Å²) in [5.41, 5.74) is 1.61. The van der Waals surface area contributed by atoms with Crippen LogP contribution in [0, 0.1) is 0 Å². The number of rotatable bonds is 1. The lowest BCUT2D eigenvalue weighted by Crippen LogP contribution is -2.39. The lowest BCUT2D eigenvalue weighted by Gasteiger charge is -2.18. The van der Waals surface area contributed by atoms with Crippen molar-refractivity contribution in [3.05, 3.63) is 56.2 Å². The van der Waals surface area contributed by atoms with E-state index in [1.54, 1.807) is 31.3 Å². The number of benzene rings is 1. The number of hydrogen-bond acceptors (Lipinski definition) is 4. The second-order valence-corrected chi connectivity index (χ2v) is 5.11. The van der Waals surface area contributed by atoms with Crippen LogP contribution < -0.4 is 11.2 Å². The summed E-state index contributed by atoms with van der Waals surface area (Å²) in [4.78, 5) is 28.6. The lowest BCUT2D eigenvalue weighted by molar-refractivity contribution is 0.475. The number of phenolic OH excluding ortho intramolecular Hbond substituents is 1. The smallest absolute Gasteiger partial charge is 0.332 e. The third kappa shape index (κ3) is 2.08. The molecule has 1 aromatic carbocycles. The summed E-state index contributed by atoms with van der Waals surface area (Å²) in [5, 5.41) is 9.33. The summed E-state index contributed by atoms with van der Waals surface area (Å²) < 4.78 is 2.51. The van der Waals surface area contributed by atoms with Gasteiger partial charge in [-0.15, -0.1) is 0 Å². The molecule has 108 valence electrons. The maximum absolute atomic E-state index is 12.1. The summed E-state index contributed by atoms with van der Waals surface area (Å²) in [7, 11) is 3.09. The first-order valence-electron chi connectivity index (χ1n) is 6.65. The van der Waals surface area contributed by atoms with E-state index in [1.165, 1.54) is 11.6 Å². The summed E-state index contributed by atoms with van der Waals surface area (Å²) >= 11 is 0. The van der Waals surface area contributed by atoms with Crippen LogP contribution in [0.25, 0.3) is 0 Å². The van der Waals surface area contributed by atoms with Gasteiger partial charge in [0.15, 0.2) is 0 Å². The average molecular weight is 285 g/mol. The van der Waals surface area contributed by atoms with Crippen molar-refractivity contribution >= 4 is 11.5 Å². The van der Waals surface area contributed by atoms with E-state index in [2.05, 4.69) is 4.99 Å². The number of aromatic hydroxyl groups is 1. The highest BCUT2D eigenvalue weighted by molar-refractivity contribution is 6.03. The number of phenols is 1. The van der Waals surface area contributed by atoms with Gasteiger partial charge in [-0.1, -0.05) is 0 Å². The fourth-order valence-electron chi connectivity index (χ4n) is 2.55. The molecule has 6 heteroatoms. The van der Waals surface area contributed by atoms with E-state index < -0.39 is 0 Å². The van der Waals surface area contributed by atoms with Crippen LogP contribution in [0.3, 0.4) is 0 Å². The molecule has 0 saturated carbocycles. The number of hydrogen-bond donors (Lipinski definition) is 1. The van der Waals surface area contributed by atoms with Crippen molar-refractivity contribution in [2.24, 2.45) is 19.1 Å². The molecule has 6 nitrogen and oxygen atoms in total. The van der Waals surface area contributed by atoms with Gasteiger partial charge in [0.2, 0.25) is 0 Å². The largest absolute Gasteiger partial charge is 0.508 e. The minimum atomic E-state index is -0.380. The van der Waals surface area contributed by atoms with Crippen LogP contribution in [0.4, 0.5) is 5.82 Å². The van der Waals surface area contributed by atoms with Gasteiger partial charge in [0.25, 0.3) is 5.56 Å². The number of aliphatic imine (C=N–C) groups is 1. The maximum atomic E-state index is 12.1. The van der Waals surface area contributed by atoms with Gasteiger partial charge >= 0.3 is 5.69 Å². The molecule has 0 unspecified atom stereocenters. The highest BCUT2D eigenvalue weighted by Gasteiger charge is 2.21. The summed E-state index contributed by atoms with van der Waals surface area (Å²) in [6, 6.07) is 6.74. The molecule has 2 heterocycles. The van der Waals surface area contributed by atoms with Gasteiger partial charge in [0, 0.05) is 14.1 Å².